The van der Waals surface area contributed by atoms with Gasteiger partial charge in [0.15, 0.2) is 0 Å². The molecular formula is C10H14N2S. The van der Waals surface area contributed by atoms with Gasteiger partial charge in [-0.25, -0.2) is 0 Å². The van der Waals surface area contributed by atoms with Crippen LogP contribution in [0.25, 0.3) is 0 Å². The molecule has 3 N–H and O–H groups in total. The van der Waals surface area contributed by atoms with E-state index in [1.807, 2.05) is 24.5 Å². The zero-order valence-corrected chi connectivity index (χ0v) is 8.47. The summed E-state index contributed by atoms with van der Waals surface area (Å²) in [5, 5.41) is 7.56. The van der Waals surface area contributed by atoms with E-state index in [4.69, 9.17) is 11.1 Å². The number of amidine groups is 1. The zero-order valence-electron chi connectivity index (χ0n) is 7.66. The summed E-state index contributed by atoms with van der Waals surface area (Å²) in [7, 11) is 0. The third-order valence-electron chi connectivity index (χ3n) is 1.86. The maximum atomic E-state index is 7.24. The summed E-state index contributed by atoms with van der Waals surface area (Å²) in [6.07, 6.45) is 2.67. The summed E-state index contributed by atoms with van der Waals surface area (Å²) in [5.74, 6) is 0.253. The van der Waals surface area contributed by atoms with Gasteiger partial charge in [-0.1, -0.05) is 30.3 Å². The number of thioether (sulfide) groups is 1. The van der Waals surface area contributed by atoms with E-state index in [9.17, 15) is 0 Å². The van der Waals surface area contributed by atoms with Gasteiger partial charge in [0, 0.05) is 11.7 Å². The fraction of sp³-hybridized carbons (Fsp3) is 0.300. The van der Waals surface area contributed by atoms with E-state index in [1.54, 1.807) is 11.8 Å². The molecule has 1 atom stereocenters. The highest BCUT2D eigenvalue weighted by Crippen LogP contribution is 2.29. The second-order valence-corrected chi connectivity index (χ2v) is 3.90. The Balaban J connectivity index is 2.73. The van der Waals surface area contributed by atoms with Gasteiger partial charge in [0.2, 0.25) is 0 Å². The molecule has 0 saturated carbocycles. The van der Waals surface area contributed by atoms with Crippen LogP contribution < -0.4 is 5.73 Å². The van der Waals surface area contributed by atoms with E-state index in [0.29, 0.717) is 11.7 Å². The summed E-state index contributed by atoms with van der Waals surface area (Å²) in [6.45, 7) is 0. The lowest BCUT2D eigenvalue weighted by atomic mass is 10.1. The molecule has 1 aromatic rings. The topological polar surface area (TPSA) is 49.9 Å². The Morgan fingerprint density at radius 1 is 1.46 bits per heavy atom. The van der Waals surface area contributed by atoms with Crippen LogP contribution in [-0.2, 0) is 0 Å². The third-order valence-corrected chi connectivity index (χ3v) is 2.87. The molecule has 0 aliphatic heterocycles. The highest BCUT2D eigenvalue weighted by atomic mass is 32.2. The number of nitrogens with two attached hydrogens (primary N) is 1. The quantitative estimate of drug-likeness (QED) is 0.571. The van der Waals surface area contributed by atoms with E-state index < -0.39 is 0 Å². The molecule has 13 heavy (non-hydrogen) atoms. The van der Waals surface area contributed by atoms with Crippen molar-refractivity contribution in [1.29, 1.82) is 5.41 Å². The highest BCUT2D eigenvalue weighted by Gasteiger charge is 2.09. The first-order valence-corrected chi connectivity index (χ1v) is 5.43. The van der Waals surface area contributed by atoms with E-state index in [2.05, 4.69) is 12.1 Å². The van der Waals surface area contributed by atoms with Crippen LogP contribution in [0.2, 0.25) is 0 Å². The van der Waals surface area contributed by atoms with Crippen molar-refractivity contribution < 1.29 is 0 Å². The Kier molecular flexibility index (Phi) is 3.83. The minimum Gasteiger partial charge on any atom is -0.388 e. The van der Waals surface area contributed by atoms with Gasteiger partial charge in [-0.3, -0.25) is 5.41 Å². The highest BCUT2D eigenvalue weighted by molar-refractivity contribution is 7.98. The number of hydrogen-bond acceptors (Lipinski definition) is 2. The van der Waals surface area contributed by atoms with Gasteiger partial charge >= 0.3 is 0 Å². The van der Waals surface area contributed by atoms with Crippen LogP contribution in [0.5, 0.6) is 0 Å². The molecular weight excluding hydrogens is 180 g/mol. The molecule has 0 heterocycles. The van der Waals surface area contributed by atoms with Gasteiger partial charge in [0.05, 0.1) is 5.84 Å². The predicted molar refractivity (Wildman–Crippen MR) is 59.2 cm³/mol. The van der Waals surface area contributed by atoms with Gasteiger partial charge in [-0.15, -0.1) is 0 Å². The summed E-state index contributed by atoms with van der Waals surface area (Å²) in [6, 6.07) is 10.2. The zero-order chi connectivity index (χ0) is 9.68. The van der Waals surface area contributed by atoms with Crippen LogP contribution in [0.4, 0.5) is 0 Å². The fourth-order valence-electron chi connectivity index (χ4n) is 1.20. The van der Waals surface area contributed by atoms with Gasteiger partial charge in [-0.05, 0) is 11.8 Å². The molecule has 0 aromatic heterocycles. The summed E-state index contributed by atoms with van der Waals surface area (Å²) in [4.78, 5) is 0. The van der Waals surface area contributed by atoms with Crippen molar-refractivity contribution in [1.82, 2.24) is 0 Å². The summed E-state index contributed by atoms with van der Waals surface area (Å²) >= 11 is 1.73. The summed E-state index contributed by atoms with van der Waals surface area (Å²) < 4.78 is 0. The molecule has 0 aliphatic carbocycles. The smallest absolute Gasteiger partial charge is 0.0919 e. The van der Waals surface area contributed by atoms with Crippen LogP contribution >= 0.6 is 11.8 Å². The average Bonchev–Trinajstić information content (AvgIpc) is 2.15. The largest absolute Gasteiger partial charge is 0.388 e. The van der Waals surface area contributed by atoms with Crippen molar-refractivity contribution in [2.75, 3.05) is 6.26 Å². The molecule has 0 saturated heterocycles. The van der Waals surface area contributed by atoms with Crippen molar-refractivity contribution in [2.45, 2.75) is 11.7 Å². The maximum Gasteiger partial charge on any atom is 0.0919 e. The summed E-state index contributed by atoms with van der Waals surface area (Å²) in [5.41, 5.74) is 6.62. The van der Waals surface area contributed by atoms with Crippen molar-refractivity contribution in [3.63, 3.8) is 0 Å². The second kappa shape index (κ2) is 4.92. The Labute approximate surface area is 83.0 Å². The van der Waals surface area contributed by atoms with Gasteiger partial charge < -0.3 is 5.73 Å². The first-order chi connectivity index (χ1) is 6.24. The van der Waals surface area contributed by atoms with E-state index in [1.165, 1.54) is 5.56 Å². The standard InChI is InChI=1S/C10H14N2S/c1-13-9(7-10(11)12)8-5-3-2-4-6-8/h2-6,9H,7H2,1H3,(H3,11,12). The van der Waals surface area contributed by atoms with Crippen LogP contribution in [-0.4, -0.2) is 12.1 Å². The molecule has 2 nitrogen and oxygen atoms in total. The number of hydrogen-bond donors (Lipinski definition) is 2. The first-order valence-electron chi connectivity index (χ1n) is 4.14. The third kappa shape index (κ3) is 3.11. The second-order valence-electron chi connectivity index (χ2n) is 2.86. The van der Waals surface area contributed by atoms with Gasteiger partial charge in [0.1, 0.15) is 0 Å². The molecule has 0 aliphatic rings. The van der Waals surface area contributed by atoms with Crippen molar-refractivity contribution >= 4 is 17.6 Å². The lowest BCUT2D eigenvalue weighted by Crippen LogP contribution is -2.12. The molecule has 0 spiro atoms. The predicted octanol–water partition coefficient (Wildman–Crippen LogP) is 2.42. The Hall–Kier alpha value is -0.960. The lowest BCUT2D eigenvalue weighted by molar-refractivity contribution is 0.990. The van der Waals surface area contributed by atoms with Crippen LogP contribution in [0.1, 0.15) is 17.2 Å². The van der Waals surface area contributed by atoms with E-state index >= 15 is 0 Å². The molecule has 1 unspecified atom stereocenters. The molecule has 0 fully saturated rings. The molecule has 3 heteroatoms. The molecule has 1 rings (SSSR count). The molecule has 70 valence electrons. The first kappa shape index (κ1) is 10.1. The molecule has 0 amide bonds. The molecule has 1 aromatic carbocycles. The van der Waals surface area contributed by atoms with Crippen molar-refractivity contribution in [3.8, 4) is 0 Å². The normalized spacial score (nSPS) is 12.4. The van der Waals surface area contributed by atoms with E-state index in [-0.39, 0.29) is 5.84 Å². The van der Waals surface area contributed by atoms with Crippen molar-refractivity contribution in [2.24, 2.45) is 5.73 Å². The van der Waals surface area contributed by atoms with Gasteiger partial charge in [0.25, 0.3) is 0 Å². The SMILES string of the molecule is CSC(CC(=N)N)c1ccccc1. The van der Waals surface area contributed by atoms with Crippen LogP contribution in [0, 0.1) is 5.41 Å². The van der Waals surface area contributed by atoms with Gasteiger partial charge in [-0.2, -0.15) is 11.8 Å². The average molecular weight is 194 g/mol. The van der Waals surface area contributed by atoms with Crippen molar-refractivity contribution in [3.05, 3.63) is 35.9 Å². The minimum atomic E-state index is 0.253. The molecule has 0 radical (unpaired) electrons. The molecule has 0 bridgehead atoms. The van der Waals surface area contributed by atoms with Crippen LogP contribution in [0.3, 0.4) is 0 Å². The fourth-order valence-corrected chi connectivity index (χ4v) is 1.98. The number of rotatable bonds is 4. The Bertz CT molecular complexity index is 272. The Morgan fingerprint density at radius 3 is 2.54 bits per heavy atom. The maximum absolute atomic E-state index is 7.24. The Morgan fingerprint density at radius 2 is 2.08 bits per heavy atom. The van der Waals surface area contributed by atoms with Crippen LogP contribution in [0.15, 0.2) is 30.3 Å². The monoisotopic (exact) mass is 194 g/mol. The number of benzene rings is 1. The number of nitrogens with one attached hydrogen (secondary N) is 1. The van der Waals surface area contributed by atoms with E-state index in [0.717, 1.165) is 0 Å². The minimum absolute atomic E-state index is 0.253. The lowest BCUT2D eigenvalue weighted by Gasteiger charge is -2.13.